The minimum absolute atomic E-state index is 0.0483. The van der Waals surface area contributed by atoms with Gasteiger partial charge in [0.25, 0.3) is 0 Å². The maximum atomic E-state index is 5.81. The first kappa shape index (κ1) is 12.3. The topological polar surface area (TPSA) is 64.3 Å². The molecule has 0 saturated carbocycles. The molecular weight excluding hydrogens is 216 g/mol. The van der Waals surface area contributed by atoms with E-state index in [1.54, 1.807) is 0 Å². The zero-order valence-electron chi connectivity index (χ0n) is 10.5. The van der Waals surface area contributed by atoms with Crippen LogP contribution < -0.4 is 5.73 Å². The van der Waals surface area contributed by atoms with E-state index in [-0.39, 0.29) is 6.10 Å². The number of likely N-dealkylation sites (N-methyl/N-ethyl adjacent to an activating group) is 1. The molecule has 0 amide bonds. The van der Waals surface area contributed by atoms with Crippen molar-refractivity contribution in [1.29, 1.82) is 0 Å². The third-order valence-corrected chi connectivity index (χ3v) is 2.88. The van der Waals surface area contributed by atoms with Gasteiger partial charge in [0.05, 0.1) is 6.61 Å². The second-order valence-electron chi connectivity index (χ2n) is 4.51. The maximum absolute atomic E-state index is 5.81. The van der Waals surface area contributed by atoms with Gasteiger partial charge in [0.1, 0.15) is 11.9 Å². The van der Waals surface area contributed by atoms with Crippen molar-refractivity contribution in [2.45, 2.75) is 25.9 Å². The van der Waals surface area contributed by atoms with E-state index in [9.17, 15) is 0 Å². The first-order chi connectivity index (χ1) is 8.19. The highest BCUT2D eigenvalue weighted by atomic mass is 16.5. The SMILES string of the molecule is CCCc1cc(N)nc(C2CN(C)CCO2)n1. The molecule has 0 radical (unpaired) electrons. The summed E-state index contributed by atoms with van der Waals surface area (Å²) in [6.07, 6.45) is 1.94. The third kappa shape index (κ3) is 3.14. The smallest absolute Gasteiger partial charge is 0.161 e. The fraction of sp³-hybridized carbons (Fsp3) is 0.667. The highest BCUT2D eigenvalue weighted by Gasteiger charge is 2.22. The van der Waals surface area contributed by atoms with Crippen LogP contribution in [0.1, 0.15) is 31.0 Å². The van der Waals surface area contributed by atoms with E-state index in [0.29, 0.717) is 5.82 Å². The molecule has 1 atom stereocenters. The average molecular weight is 236 g/mol. The molecule has 1 aliphatic heterocycles. The molecule has 94 valence electrons. The Morgan fingerprint density at radius 2 is 2.35 bits per heavy atom. The van der Waals surface area contributed by atoms with Gasteiger partial charge in [-0.2, -0.15) is 0 Å². The number of hydrogen-bond acceptors (Lipinski definition) is 5. The Labute approximate surface area is 102 Å². The minimum Gasteiger partial charge on any atom is -0.384 e. The molecule has 5 heteroatoms. The largest absolute Gasteiger partial charge is 0.384 e. The van der Waals surface area contributed by atoms with Gasteiger partial charge in [-0.05, 0) is 13.5 Å². The summed E-state index contributed by atoms with van der Waals surface area (Å²) in [5, 5.41) is 0. The van der Waals surface area contributed by atoms with Gasteiger partial charge in [-0.25, -0.2) is 9.97 Å². The molecule has 0 aromatic carbocycles. The van der Waals surface area contributed by atoms with Crippen LogP contribution in [-0.2, 0) is 11.2 Å². The Kier molecular flexibility index (Phi) is 3.91. The van der Waals surface area contributed by atoms with E-state index >= 15 is 0 Å². The number of ether oxygens (including phenoxy) is 1. The number of aromatic nitrogens is 2. The normalized spacial score (nSPS) is 21.6. The zero-order chi connectivity index (χ0) is 12.3. The van der Waals surface area contributed by atoms with Crippen molar-refractivity contribution in [3.63, 3.8) is 0 Å². The summed E-state index contributed by atoms with van der Waals surface area (Å²) in [4.78, 5) is 11.1. The maximum Gasteiger partial charge on any atom is 0.161 e. The summed E-state index contributed by atoms with van der Waals surface area (Å²) < 4.78 is 5.70. The first-order valence-electron chi connectivity index (χ1n) is 6.12. The lowest BCUT2D eigenvalue weighted by Gasteiger charge is -2.29. The first-order valence-corrected chi connectivity index (χ1v) is 6.12. The average Bonchev–Trinajstić information content (AvgIpc) is 2.28. The van der Waals surface area contributed by atoms with E-state index in [1.165, 1.54) is 0 Å². The molecule has 1 aromatic heterocycles. The molecule has 0 spiro atoms. The third-order valence-electron chi connectivity index (χ3n) is 2.88. The molecular formula is C12H20N4O. The number of hydrogen-bond donors (Lipinski definition) is 1. The monoisotopic (exact) mass is 236 g/mol. The summed E-state index contributed by atoms with van der Waals surface area (Å²) in [5.74, 6) is 1.26. The summed E-state index contributed by atoms with van der Waals surface area (Å²) in [5.41, 5.74) is 6.82. The van der Waals surface area contributed by atoms with Crippen molar-refractivity contribution >= 4 is 5.82 Å². The van der Waals surface area contributed by atoms with Gasteiger partial charge < -0.3 is 15.4 Å². The van der Waals surface area contributed by atoms with E-state index in [4.69, 9.17) is 10.5 Å². The van der Waals surface area contributed by atoms with E-state index in [0.717, 1.165) is 44.1 Å². The molecule has 0 bridgehead atoms. The van der Waals surface area contributed by atoms with Crippen LogP contribution in [0.2, 0.25) is 0 Å². The van der Waals surface area contributed by atoms with Gasteiger partial charge in [0.15, 0.2) is 5.82 Å². The van der Waals surface area contributed by atoms with Crippen molar-refractivity contribution in [1.82, 2.24) is 14.9 Å². The molecule has 2 N–H and O–H groups in total. The fourth-order valence-electron chi connectivity index (χ4n) is 2.00. The summed E-state index contributed by atoms with van der Waals surface area (Å²) in [6, 6.07) is 1.85. The van der Waals surface area contributed by atoms with Crippen LogP contribution >= 0.6 is 0 Å². The summed E-state index contributed by atoms with van der Waals surface area (Å²) >= 11 is 0. The van der Waals surface area contributed by atoms with Gasteiger partial charge in [0, 0.05) is 24.8 Å². The van der Waals surface area contributed by atoms with Gasteiger partial charge in [-0.1, -0.05) is 13.3 Å². The van der Waals surface area contributed by atoms with Crippen molar-refractivity contribution < 1.29 is 4.74 Å². The van der Waals surface area contributed by atoms with Crippen LogP contribution in [0.4, 0.5) is 5.82 Å². The molecule has 1 aliphatic rings. The Bertz CT molecular complexity index is 383. The van der Waals surface area contributed by atoms with Crippen LogP contribution in [0.5, 0.6) is 0 Å². The molecule has 1 unspecified atom stereocenters. The Balaban J connectivity index is 2.18. The number of nitrogens with zero attached hydrogens (tertiary/aromatic N) is 3. The standard InChI is InChI=1S/C12H20N4O/c1-3-4-9-7-11(13)15-12(14-9)10-8-16(2)5-6-17-10/h7,10H,3-6,8H2,1-2H3,(H2,13,14,15). The molecule has 5 nitrogen and oxygen atoms in total. The van der Waals surface area contributed by atoms with Crippen molar-refractivity contribution in [3.8, 4) is 0 Å². The summed E-state index contributed by atoms with van der Waals surface area (Å²) in [6.45, 7) is 4.64. The predicted molar refractivity (Wildman–Crippen MR) is 66.6 cm³/mol. The van der Waals surface area contributed by atoms with Crippen LogP contribution in [-0.4, -0.2) is 41.6 Å². The van der Waals surface area contributed by atoms with Gasteiger partial charge in [0.2, 0.25) is 0 Å². The molecule has 1 saturated heterocycles. The minimum atomic E-state index is -0.0483. The number of nitrogens with two attached hydrogens (primary N) is 1. The van der Waals surface area contributed by atoms with Gasteiger partial charge in [-0.3, -0.25) is 0 Å². The van der Waals surface area contributed by atoms with E-state index < -0.39 is 0 Å². The summed E-state index contributed by atoms with van der Waals surface area (Å²) in [7, 11) is 2.08. The molecule has 0 aliphatic carbocycles. The number of aryl methyl sites for hydroxylation is 1. The Morgan fingerprint density at radius 1 is 1.53 bits per heavy atom. The van der Waals surface area contributed by atoms with Crippen LogP contribution in [0.25, 0.3) is 0 Å². The molecule has 1 fully saturated rings. The quantitative estimate of drug-likeness (QED) is 0.848. The van der Waals surface area contributed by atoms with Crippen molar-refractivity contribution in [3.05, 3.63) is 17.6 Å². The lowest BCUT2D eigenvalue weighted by Crippen LogP contribution is -2.36. The Morgan fingerprint density at radius 3 is 3.06 bits per heavy atom. The molecule has 17 heavy (non-hydrogen) atoms. The fourth-order valence-corrected chi connectivity index (χ4v) is 2.00. The van der Waals surface area contributed by atoms with Crippen molar-refractivity contribution in [2.75, 3.05) is 32.5 Å². The molecule has 1 aromatic rings. The van der Waals surface area contributed by atoms with E-state index in [1.807, 2.05) is 6.07 Å². The number of anilines is 1. The predicted octanol–water partition coefficient (Wildman–Crippen LogP) is 1.01. The van der Waals surface area contributed by atoms with Gasteiger partial charge in [-0.15, -0.1) is 0 Å². The number of morpholine rings is 1. The van der Waals surface area contributed by atoms with Gasteiger partial charge >= 0.3 is 0 Å². The van der Waals surface area contributed by atoms with Crippen molar-refractivity contribution in [2.24, 2.45) is 0 Å². The number of rotatable bonds is 3. The number of nitrogen functional groups attached to an aromatic ring is 1. The zero-order valence-corrected chi connectivity index (χ0v) is 10.5. The lowest BCUT2D eigenvalue weighted by atomic mass is 10.2. The Hall–Kier alpha value is -1.20. The second-order valence-corrected chi connectivity index (χ2v) is 4.51. The lowest BCUT2D eigenvalue weighted by molar-refractivity contribution is -0.0255. The van der Waals surface area contributed by atoms with Crippen LogP contribution in [0, 0.1) is 0 Å². The van der Waals surface area contributed by atoms with E-state index in [2.05, 4.69) is 28.8 Å². The molecule has 2 rings (SSSR count). The second kappa shape index (κ2) is 5.42. The highest BCUT2D eigenvalue weighted by Crippen LogP contribution is 2.19. The highest BCUT2D eigenvalue weighted by molar-refractivity contribution is 5.30. The van der Waals surface area contributed by atoms with Crippen LogP contribution in [0.3, 0.4) is 0 Å². The molecule has 2 heterocycles. The van der Waals surface area contributed by atoms with Crippen LogP contribution in [0.15, 0.2) is 6.07 Å².